The number of hydrogen-bond donors (Lipinski definition) is 0. The zero-order chi connectivity index (χ0) is 8.43. The summed E-state index contributed by atoms with van der Waals surface area (Å²) >= 11 is 13.4. The molecule has 1 aromatic rings. The number of hydrogen-bond acceptors (Lipinski definition) is 2. The standard InChI is InChI=1S/C6H3Br2ClOS/c7-2-4(10)5-1-3(9)6(8)11-5/h1H,2H2. The first-order chi connectivity index (χ1) is 5.15. The van der Waals surface area contributed by atoms with Crippen molar-refractivity contribution < 1.29 is 4.79 Å². The molecule has 0 unspecified atom stereocenters. The fraction of sp³-hybridized carbons (Fsp3) is 0.167. The van der Waals surface area contributed by atoms with Gasteiger partial charge in [0.2, 0.25) is 0 Å². The summed E-state index contributed by atoms with van der Waals surface area (Å²) in [7, 11) is 0. The number of alkyl halides is 1. The summed E-state index contributed by atoms with van der Waals surface area (Å²) in [5, 5.41) is 0.940. The van der Waals surface area contributed by atoms with Gasteiger partial charge in [0.1, 0.15) is 0 Å². The summed E-state index contributed by atoms with van der Waals surface area (Å²) in [6, 6.07) is 1.67. The Morgan fingerprint density at radius 3 is 2.73 bits per heavy atom. The minimum atomic E-state index is 0.0580. The number of carbonyl (C=O) groups excluding carboxylic acids is 1. The van der Waals surface area contributed by atoms with E-state index in [1.807, 2.05) is 0 Å². The fourth-order valence-corrected chi connectivity index (χ4v) is 2.68. The van der Waals surface area contributed by atoms with Gasteiger partial charge in [0.15, 0.2) is 5.78 Å². The summed E-state index contributed by atoms with van der Waals surface area (Å²) in [5.74, 6) is 0.0580. The Bertz CT molecular complexity index is 265. The molecule has 0 aliphatic carbocycles. The molecule has 0 bridgehead atoms. The van der Waals surface area contributed by atoms with E-state index in [0.717, 1.165) is 3.79 Å². The molecule has 0 saturated carbocycles. The first kappa shape index (κ1) is 9.71. The van der Waals surface area contributed by atoms with E-state index < -0.39 is 0 Å². The Kier molecular flexibility index (Phi) is 3.55. The van der Waals surface area contributed by atoms with Gasteiger partial charge in [-0.05, 0) is 22.0 Å². The number of halogens is 3. The van der Waals surface area contributed by atoms with Crippen LogP contribution >= 0.6 is 54.8 Å². The highest BCUT2D eigenvalue weighted by Crippen LogP contribution is 2.32. The molecule has 1 aromatic heterocycles. The second-order valence-electron chi connectivity index (χ2n) is 1.79. The molecule has 0 aliphatic heterocycles. The van der Waals surface area contributed by atoms with Crippen LogP contribution < -0.4 is 0 Å². The van der Waals surface area contributed by atoms with Crippen LogP contribution in [0.4, 0.5) is 0 Å². The Balaban J connectivity index is 2.97. The Morgan fingerprint density at radius 2 is 2.36 bits per heavy atom. The van der Waals surface area contributed by atoms with E-state index in [4.69, 9.17) is 11.6 Å². The van der Waals surface area contributed by atoms with Gasteiger partial charge in [-0.25, -0.2) is 0 Å². The normalized spacial score (nSPS) is 10.1. The Labute approximate surface area is 90.0 Å². The van der Waals surface area contributed by atoms with Crippen LogP contribution in [0.1, 0.15) is 9.67 Å². The highest BCUT2D eigenvalue weighted by atomic mass is 79.9. The van der Waals surface area contributed by atoms with Gasteiger partial charge in [0.25, 0.3) is 0 Å². The van der Waals surface area contributed by atoms with Crippen LogP contribution in [0.2, 0.25) is 5.02 Å². The SMILES string of the molecule is O=C(CBr)c1cc(Cl)c(Br)s1. The number of ketones is 1. The zero-order valence-electron chi connectivity index (χ0n) is 5.23. The zero-order valence-corrected chi connectivity index (χ0v) is 9.98. The monoisotopic (exact) mass is 316 g/mol. The molecule has 0 fully saturated rings. The second-order valence-corrected chi connectivity index (χ2v) is 5.13. The molecule has 60 valence electrons. The molecule has 0 radical (unpaired) electrons. The third kappa shape index (κ3) is 2.28. The molecular weight excluding hydrogens is 315 g/mol. The van der Waals surface area contributed by atoms with Gasteiger partial charge in [0, 0.05) is 0 Å². The molecule has 0 atom stereocenters. The summed E-state index contributed by atoms with van der Waals surface area (Å²) < 4.78 is 0.809. The molecule has 1 nitrogen and oxygen atoms in total. The van der Waals surface area contributed by atoms with E-state index in [1.165, 1.54) is 11.3 Å². The average Bonchev–Trinajstić information content (AvgIpc) is 2.31. The Morgan fingerprint density at radius 1 is 1.73 bits per heavy atom. The van der Waals surface area contributed by atoms with E-state index in [1.54, 1.807) is 6.07 Å². The number of rotatable bonds is 2. The minimum Gasteiger partial charge on any atom is -0.292 e. The maximum absolute atomic E-state index is 11.1. The van der Waals surface area contributed by atoms with Crippen LogP contribution in [0.25, 0.3) is 0 Å². The van der Waals surface area contributed by atoms with Gasteiger partial charge in [-0.1, -0.05) is 27.5 Å². The van der Waals surface area contributed by atoms with Crippen molar-refractivity contribution in [3.63, 3.8) is 0 Å². The quantitative estimate of drug-likeness (QED) is 0.600. The third-order valence-corrected chi connectivity index (χ3v) is 4.07. The van der Waals surface area contributed by atoms with Gasteiger partial charge in [-0.3, -0.25) is 4.79 Å². The molecule has 5 heteroatoms. The van der Waals surface area contributed by atoms with Crippen LogP contribution in [0.3, 0.4) is 0 Å². The smallest absolute Gasteiger partial charge is 0.183 e. The molecule has 0 aliphatic rings. The van der Waals surface area contributed by atoms with Gasteiger partial charge in [0.05, 0.1) is 19.0 Å². The van der Waals surface area contributed by atoms with Crippen molar-refractivity contribution in [2.24, 2.45) is 0 Å². The average molecular weight is 318 g/mol. The highest BCUT2D eigenvalue weighted by molar-refractivity contribution is 9.11. The summed E-state index contributed by atoms with van der Waals surface area (Å²) in [5.41, 5.74) is 0. The van der Waals surface area contributed by atoms with Crippen LogP contribution in [0.15, 0.2) is 9.85 Å². The summed E-state index contributed by atoms with van der Waals surface area (Å²) in [6.07, 6.45) is 0. The van der Waals surface area contributed by atoms with Crippen molar-refractivity contribution in [3.05, 3.63) is 19.8 Å². The van der Waals surface area contributed by atoms with Gasteiger partial charge in [-0.2, -0.15) is 0 Å². The first-order valence-electron chi connectivity index (χ1n) is 2.69. The van der Waals surface area contributed by atoms with Gasteiger partial charge in [-0.15, -0.1) is 11.3 Å². The maximum Gasteiger partial charge on any atom is 0.183 e. The van der Waals surface area contributed by atoms with Crippen LogP contribution in [-0.4, -0.2) is 11.1 Å². The van der Waals surface area contributed by atoms with Crippen LogP contribution in [0, 0.1) is 0 Å². The summed E-state index contributed by atoms with van der Waals surface area (Å²) in [6.45, 7) is 0. The van der Waals surface area contributed by atoms with Crippen molar-refractivity contribution in [2.45, 2.75) is 0 Å². The second kappa shape index (κ2) is 4.03. The molecule has 0 saturated heterocycles. The van der Waals surface area contributed by atoms with E-state index in [9.17, 15) is 4.79 Å². The van der Waals surface area contributed by atoms with Crippen molar-refractivity contribution >= 4 is 60.6 Å². The molecule has 0 N–H and O–H groups in total. The van der Waals surface area contributed by atoms with E-state index >= 15 is 0 Å². The lowest BCUT2D eigenvalue weighted by Crippen LogP contribution is -1.94. The number of carbonyl (C=O) groups is 1. The molecule has 0 aromatic carbocycles. The first-order valence-corrected chi connectivity index (χ1v) is 5.80. The molecule has 1 heterocycles. The van der Waals surface area contributed by atoms with Gasteiger partial charge >= 0.3 is 0 Å². The lowest BCUT2D eigenvalue weighted by atomic mass is 10.4. The summed E-state index contributed by atoms with van der Waals surface area (Å²) in [4.78, 5) is 11.7. The Hall–Kier alpha value is 0.620. The predicted molar refractivity (Wildman–Crippen MR) is 55.2 cm³/mol. The van der Waals surface area contributed by atoms with Crippen LogP contribution in [-0.2, 0) is 0 Å². The van der Waals surface area contributed by atoms with Gasteiger partial charge < -0.3 is 0 Å². The largest absolute Gasteiger partial charge is 0.292 e. The molecule has 0 spiro atoms. The number of thiophene rings is 1. The fourth-order valence-electron chi connectivity index (χ4n) is 0.550. The molecular formula is C6H3Br2ClOS. The molecule has 1 rings (SSSR count). The van der Waals surface area contributed by atoms with Crippen molar-refractivity contribution in [2.75, 3.05) is 5.33 Å². The highest BCUT2D eigenvalue weighted by Gasteiger charge is 2.10. The van der Waals surface area contributed by atoms with E-state index in [0.29, 0.717) is 15.2 Å². The van der Waals surface area contributed by atoms with Crippen molar-refractivity contribution in [3.8, 4) is 0 Å². The minimum absolute atomic E-state index is 0.0580. The van der Waals surface area contributed by atoms with E-state index in [-0.39, 0.29) is 5.78 Å². The van der Waals surface area contributed by atoms with Crippen LogP contribution in [0.5, 0.6) is 0 Å². The topological polar surface area (TPSA) is 17.1 Å². The molecule has 0 amide bonds. The third-order valence-electron chi connectivity index (χ3n) is 1.04. The van der Waals surface area contributed by atoms with E-state index in [2.05, 4.69) is 31.9 Å². The van der Waals surface area contributed by atoms with Crippen molar-refractivity contribution in [1.29, 1.82) is 0 Å². The molecule has 11 heavy (non-hydrogen) atoms. The van der Waals surface area contributed by atoms with Crippen molar-refractivity contribution in [1.82, 2.24) is 0 Å². The maximum atomic E-state index is 11.1. The number of Topliss-reactive ketones (excluding diaryl/α,β-unsaturated/α-hetero) is 1. The lowest BCUT2D eigenvalue weighted by Gasteiger charge is -1.85. The predicted octanol–water partition coefficient (Wildman–Crippen LogP) is 3.74. The lowest BCUT2D eigenvalue weighted by molar-refractivity contribution is 0.102.